The van der Waals surface area contributed by atoms with Gasteiger partial charge in [0.15, 0.2) is 0 Å². The van der Waals surface area contributed by atoms with Crippen molar-refractivity contribution < 1.29 is 14.0 Å². The molecule has 4 rings (SSSR count). The first kappa shape index (κ1) is 27.1. The highest BCUT2D eigenvalue weighted by molar-refractivity contribution is 6.31. The van der Waals surface area contributed by atoms with Crippen molar-refractivity contribution in [1.82, 2.24) is 10.6 Å². The molecular weight excluding hydrogens is 512 g/mol. The van der Waals surface area contributed by atoms with Gasteiger partial charge in [-0.1, -0.05) is 53.9 Å². The van der Waals surface area contributed by atoms with Crippen LogP contribution in [-0.2, 0) is 4.79 Å². The Morgan fingerprint density at radius 1 is 1.05 bits per heavy atom. The van der Waals surface area contributed by atoms with Gasteiger partial charge >= 0.3 is 0 Å². The first-order valence-corrected chi connectivity index (χ1v) is 13.2. The summed E-state index contributed by atoms with van der Waals surface area (Å²) in [7, 11) is 0. The van der Waals surface area contributed by atoms with Gasteiger partial charge in [-0.3, -0.25) is 9.59 Å². The first-order valence-electron chi connectivity index (χ1n) is 12.5. The fourth-order valence-electron chi connectivity index (χ4n) is 4.95. The Balaban J connectivity index is 1.60. The largest absolute Gasteiger partial charge is 0.330 e. The number of carbonyl (C=O) groups excluding carboxylic acids is 2. The van der Waals surface area contributed by atoms with Crippen molar-refractivity contribution in [3.8, 4) is 0 Å². The zero-order chi connectivity index (χ0) is 26.5. The lowest BCUT2D eigenvalue weighted by Gasteiger charge is -2.29. The summed E-state index contributed by atoms with van der Waals surface area (Å²) in [5.41, 5.74) is 11.3. The van der Waals surface area contributed by atoms with Crippen LogP contribution in [-0.4, -0.2) is 18.4 Å². The van der Waals surface area contributed by atoms with E-state index < -0.39 is 11.7 Å². The van der Waals surface area contributed by atoms with Gasteiger partial charge in [0, 0.05) is 27.5 Å². The van der Waals surface area contributed by atoms with Gasteiger partial charge in [-0.15, -0.1) is 0 Å². The highest BCUT2D eigenvalue weighted by Crippen LogP contribution is 2.38. The molecule has 1 atom stereocenters. The molecule has 2 aromatic carbocycles. The van der Waals surface area contributed by atoms with Gasteiger partial charge in [0.2, 0.25) is 5.91 Å². The number of hydrogen-bond acceptors (Lipinski definition) is 3. The predicted octanol–water partition coefficient (Wildman–Crippen LogP) is 6.54. The average Bonchev–Trinajstić information content (AvgIpc) is 2.89. The van der Waals surface area contributed by atoms with Crippen LogP contribution in [0.4, 0.5) is 4.39 Å². The highest BCUT2D eigenvalue weighted by atomic mass is 35.5. The van der Waals surface area contributed by atoms with Crippen LogP contribution >= 0.6 is 23.2 Å². The zero-order valence-electron chi connectivity index (χ0n) is 20.7. The van der Waals surface area contributed by atoms with Crippen LogP contribution in [0.25, 0.3) is 0 Å². The summed E-state index contributed by atoms with van der Waals surface area (Å²) in [6, 6.07) is 11.5. The molecule has 37 heavy (non-hydrogen) atoms. The smallest absolute Gasteiger partial charge is 0.255 e. The molecule has 0 aliphatic heterocycles. The third-order valence-corrected chi connectivity index (χ3v) is 7.44. The van der Waals surface area contributed by atoms with Gasteiger partial charge < -0.3 is 16.4 Å². The van der Waals surface area contributed by atoms with Crippen LogP contribution < -0.4 is 16.4 Å². The number of allylic oxidation sites excluding steroid dienone is 4. The normalized spacial score (nSPS) is 16.2. The summed E-state index contributed by atoms with van der Waals surface area (Å²) < 4.78 is 14.7. The van der Waals surface area contributed by atoms with E-state index in [0.29, 0.717) is 17.0 Å². The summed E-state index contributed by atoms with van der Waals surface area (Å²) in [6.07, 6.45) is 6.22. The molecule has 2 amide bonds. The third kappa shape index (κ3) is 6.15. The van der Waals surface area contributed by atoms with Crippen LogP contribution in [0.15, 0.2) is 76.7 Å². The van der Waals surface area contributed by atoms with Crippen molar-refractivity contribution in [2.24, 2.45) is 5.73 Å². The van der Waals surface area contributed by atoms with E-state index in [0.717, 1.165) is 48.2 Å². The summed E-state index contributed by atoms with van der Waals surface area (Å²) in [6.45, 7) is 2.29. The monoisotopic (exact) mass is 541 g/mol. The summed E-state index contributed by atoms with van der Waals surface area (Å²) in [4.78, 5) is 26.4. The maximum Gasteiger partial charge on any atom is 0.255 e. The van der Waals surface area contributed by atoms with Crippen LogP contribution in [0.5, 0.6) is 0 Å². The van der Waals surface area contributed by atoms with E-state index >= 15 is 0 Å². The lowest BCUT2D eigenvalue weighted by Crippen LogP contribution is -2.33. The molecular formula is C29H30Cl2FN3O2. The van der Waals surface area contributed by atoms with Gasteiger partial charge in [-0.2, -0.15) is 0 Å². The van der Waals surface area contributed by atoms with Gasteiger partial charge in [0.1, 0.15) is 5.82 Å². The van der Waals surface area contributed by atoms with Crippen molar-refractivity contribution in [3.05, 3.63) is 104 Å². The predicted molar refractivity (Wildman–Crippen MR) is 146 cm³/mol. The Labute approximate surface area is 226 Å². The Morgan fingerprint density at radius 2 is 1.81 bits per heavy atom. The molecule has 0 radical (unpaired) electrons. The number of nitrogens with two attached hydrogens (primary N) is 1. The fourth-order valence-corrected chi connectivity index (χ4v) is 5.32. The molecule has 0 spiro atoms. The van der Waals surface area contributed by atoms with Crippen molar-refractivity contribution in [2.45, 2.75) is 51.4 Å². The molecule has 0 aromatic heterocycles. The Hall–Kier alpha value is -2.93. The minimum atomic E-state index is -0.768. The van der Waals surface area contributed by atoms with E-state index in [4.69, 9.17) is 28.9 Å². The van der Waals surface area contributed by atoms with Gasteiger partial charge in [-0.25, -0.2) is 4.39 Å². The Morgan fingerprint density at radius 3 is 2.54 bits per heavy atom. The van der Waals surface area contributed by atoms with Crippen molar-refractivity contribution in [1.29, 1.82) is 0 Å². The number of rotatable bonds is 8. The molecule has 0 unspecified atom stereocenters. The van der Waals surface area contributed by atoms with Crippen LogP contribution in [0.2, 0.25) is 10.0 Å². The molecule has 2 aliphatic rings. The number of nitrogens with one attached hydrogen (secondary N) is 2. The molecule has 2 aliphatic carbocycles. The average molecular weight is 542 g/mol. The standard InChI is InChI=1S/C29H30Cl2FN3O2/c1-2-17-9-10-18-11-12-21(16-24(18)27(17)35-28(36)19-5-3-6-20(30)15-19)34-29(37)23(13-14-33)22-7-4-8-25(31)26(22)32/h3-8,15-16,23H,2,9-14,33H2,1H3,(H,34,37)(H,35,36)/t23-/m1/s1. The Bertz CT molecular complexity index is 1320. The SMILES string of the molecule is CCC1=C(NC(=O)c2cccc(Cl)c2)C2=C(CCC(NC(=O)[C@H](CCN)c3cccc(Cl)c3F)=C2)CC1. The van der Waals surface area contributed by atoms with Crippen LogP contribution in [0, 0.1) is 5.82 Å². The maximum absolute atomic E-state index is 14.7. The molecule has 194 valence electrons. The fraction of sp³-hybridized carbons (Fsp3) is 0.310. The van der Waals surface area contributed by atoms with Gasteiger partial charge in [-0.05, 0) is 86.6 Å². The van der Waals surface area contributed by atoms with Crippen LogP contribution in [0.1, 0.15) is 67.3 Å². The van der Waals surface area contributed by atoms with Crippen LogP contribution in [0.3, 0.4) is 0 Å². The van der Waals surface area contributed by atoms with E-state index in [2.05, 4.69) is 17.6 Å². The Kier molecular flexibility index (Phi) is 8.85. The van der Waals surface area contributed by atoms with E-state index in [-0.39, 0.29) is 35.4 Å². The number of benzene rings is 2. The molecule has 2 aromatic rings. The lowest BCUT2D eigenvalue weighted by atomic mass is 9.82. The molecule has 4 N–H and O–H groups in total. The topological polar surface area (TPSA) is 84.2 Å². The molecule has 0 saturated heterocycles. The summed E-state index contributed by atoms with van der Waals surface area (Å²) in [5.74, 6) is -1.94. The number of halogens is 3. The first-order chi connectivity index (χ1) is 17.8. The minimum absolute atomic E-state index is 0.0291. The minimum Gasteiger partial charge on any atom is -0.330 e. The molecule has 0 heterocycles. The maximum atomic E-state index is 14.7. The second-order valence-corrected chi connectivity index (χ2v) is 10.1. The third-order valence-electron chi connectivity index (χ3n) is 6.91. The van der Waals surface area contributed by atoms with E-state index in [9.17, 15) is 14.0 Å². The molecule has 0 saturated carbocycles. The summed E-state index contributed by atoms with van der Waals surface area (Å²) in [5, 5.41) is 6.57. The van der Waals surface area contributed by atoms with Crippen molar-refractivity contribution in [2.75, 3.05) is 6.54 Å². The van der Waals surface area contributed by atoms with E-state index in [1.165, 1.54) is 11.6 Å². The number of hydrogen-bond donors (Lipinski definition) is 3. The quantitative estimate of drug-likeness (QED) is 0.354. The van der Waals surface area contributed by atoms with Gasteiger partial charge in [0.05, 0.1) is 10.9 Å². The van der Waals surface area contributed by atoms with Gasteiger partial charge in [0.25, 0.3) is 5.91 Å². The molecule has 5 nitrogen and oxygen atoms in total. The molecule has 8 heteroatoms. The lowest BCUT2D eigenvalue weighted by molar-refractivity contribution is -0.122. The second kappa shape index (κ2) is 12.1. The summed E-state index contributed by atoms with van der Waals surface area (Å²) >= 11 is 12.1. The van der Waals surface area contributed by atoms with E-state index in [1.807, 2.05) is 6.08 Å². The highest BCUT2D eigenvalue weighted by Gasteiger charge is 2.28. The zero-order valence-corrected chi connectivity index (χ0v) is 22.2. The number of amides is 2. The number of carbonyl (C=O) groups is 2. The van der Waals surface area contributed by atoms with Crippen molar-refractivity contribution in [3.63, 3.8) is 0 Å². The second-order valence-electron chi connectivity index (χ2n) is 9.25. The van der Waals surface area contributed by atoms with Crippen molar-refractivity contribution >= 4 is 35.0 Å². The van der Waals surface area contributed by atoms with E-state index in [1.54, 1.807) is 36.4 Å². The molecule has 0 fully saturated rings. The molecule has 0 bridgehead atoms.